The average Bonchev–Trinajstić information content (AvgIpc) is 2.87. The Labute approximate surface area is 210 Å². The van der Waals surface area contributed by atoms with E-state index in [4.69, 9.17) is 0 Å². The Morgan fingerprint density at radius 2 is 1.47 bits per heavy atom. The zero-order valence-corrected chi connectivity index (χ0v) is 20.4. The molecule has 0 aliphatic heterocycles. The van der Waals surface area contributed by atoms with Crippen molar-refractivity contribution in [3.05, 3.63) is 114 Å². The van der Waals surface area contributed by atoms with Crippen LogP contribution in [-0.4, -0.2) is 21.2 Å². The molecule has 6 heteroatoms. The summed E-state index contributed by atoms with van der Waals surface area (Å²) < 4.78 is 27.2. The highest BCUT2D eigenvalue weighted by molar-refractivity contribution is 5.78. The molecule has 2 N–H and O–H groups in total. The SMILES string of the molecule is CC/C=C(/Cc1ccc(CC(C)O)cc1)Nc1ccc(-c2nccnc2-c2ccc(F)c(F)c2)cc1. The lowest BCUT2D eigenvalue weighted by Crippen LogP contribution is -2.05. The second-order valence-corrected chi connectivity index (χ2v) is 8.77. The van der Waals surface area contributed by atoms with Crippen molar-refractivity contribution in [2.75, 3.05) is 5.32 Å². The maximum atomic E-state index is 13.8. The summed E-state index contributed by atoms with van der Waals surface area (Å²) >= 11 is 0. The van der Waals surface area contributed by atoms with Crippen molar-refractivity contribution in [1.82, 2.24) is 9.97 Å². The lowest BCUT2D eigenvalue weighted by atomic mass is 10.0. The predicted octanol–water partition coefficient (Wildman–Crippen LogP) is 6.96. The summed E-state index contributed by atoms with van der Waals surface area (Å²) in [5.41, 5.74) is 6.70. The van der Waals surface area contributed by atoms with Gasteiger partial charge in [0.1, 0.15) is 0 Å². The van der Waals surface area contributed by atoms with Crippen LogP contribution >= 0.6 is 0 Å². The molecule has 0 fully saturated rings. The van der Waals surface area contributed by atoms with Gasteiger partial charge in [-0.25, -0.2) is 8.78 Å². The lowest BCUT2D eigenvalue weighted by molar-refractivity contribution is 0.195. The van der Waals surface area contributed by atoms with Crippen molar-refractivity contribution >= 4 is 5.69 Å². The van der Waals surface area contributed by atoms with E-state index in [0.29, 0.717) is 23.4 Å². The first kappa shape index (κ1) is 25.2. The van der Waals surface area contributed by atoms with Crippen LogP contribution in [-0.2, 0) is 12.8 Å². The number of halogens is 2. The summed E-state index contributed by atoms with van der Waals surface area (Å²) in [5, 5.41) is 13.1. The maximum absolute atomic E-state index is 13.8. The average molecular weight is 486 g/mol. The number of allylic oxidation sites excluding steroid dienone is 2. The van der Waals surface area contributed by atoms with E-state index in [1.165, 1.54) is 17.8 Å². The lowest BCUT2D eigenvalue weighted by Gasteiger charge is -2.13. The molecule has 1 unspecified atom stereocenters. The van der Waals surface area contributed by atoms with Crippen LogP contribution in [0.1, 0.15) is 31.4 Å². The van der Waals surface area contributed by atoms with E-state index in [1.807, 2.05) is 24.3 Å². The third kappa shape index (κ3) is 6.40. The van der Waals surface area contributed by atoms with Gasteiger partial charge in [0.2, 0.25) is 0 Å². The van der Waals surface area contributed by atoms with E-state index in [0.717, 1.165) is 47.5 Å². The number of aromatic nitrogens is 2. The Kier molecular flexibility index (Phi) is 8.18. The minimum atomic E-state index is -0.920. The summed E-state index contributed by atoms with van der Waals surface area (Å²) in [5.74, 6) is -1.82. The van der Waals surface area contributed by atoms with Gasteiger partial charge in [-0.05, 0) is 61.2 Å². The van der Waals surface area contributed by atoms with Gasteiger partial charge in [-0.1, -0.05) is 49.4 Å². The molecule has 1 aromatic heterocycles. The van der Waals surface area contributed by atoms with Crippen LogP contribution in [0.25, 0.3) is 22.5 Å². The third-order valence-corrected chi connectivity index (χ3v) is 5.75. The molecule has 0 saturated carbocycles. The quantitative estimate of drug-likeness (QED) is 0.269. The van der Waals surface area contributed by atoms with Crippen LogP contribution in [0.5, 0.6) is 0 Å². The normalized spacial score (nSPS) is 12.4. The summed E-state index contributed by atoms with van der Waals surface area (Å²) in [7, 11) is 0. The number of rotatable bonds is 9. The van der Waals surface area contributed by atoms with Crippen molar-refractivity contribution < 1.29 is 13.9 Å². The van der Waals surface area contributed by atoms with Gasteiger partial charge in [0.25, 0.3) is 0 Å². The van der Waals surface area contributed by atoms with Crippen LogP contribution in [0.2, 0.25) is 0 Å². The highest BCUT2D eigenvalue weighted by atomic mass is 19.2. The van der Waals surface area contributed by atoms with Crippen LogP contribution < -0.4 is 5.32 Å². The molecule has 4 rings (SSSR count). The molecule has 4 nitrogen and oxygen atoms in total. The standard InChI is InChI=1S/C30H29F2N3O/c1-3-4-26(18-22-7-5-21(6-8-22)17-20(2)36)35-25-12-9-23(10-13-25)29-30(34-16-15-33-29)24-11-14-27(31)28(32)19-24/h4-16,19-20,35-36H,3,17-18H2,1-2H3/b26-4-. The summed E-state index contributed by atoms with van der Waals surface area (Å²) in [6.07, 6.45) is 7.24. The van der Waals surface area contributed by atoms with Crippen molar-refractivity contribution in [3.8, 4) is 22.5 Å². The molecule has 0 spiro atoms. The van der Waals surface area contributed by atoms with Gasteiger partial charge in [-0.3, -0.25) is 9.97 Å². The molecule has 0 aliphatic carbocycles. The molecule has 3 aromatic carbocycles. The number of benzene rings is 3. The molecule has 0 bridgehead atoms. The number of hydrogen-bond donors (Lipinski definition) is 2. The Morgan fingerprint density at radius 3 is 2.08 bits per heavy atom. The van der Waals surface area contributed by atoms with E-state index in [-0.39, 0.29) is 6.10 Å². The first-order valence-electron chi connectivity index (χ1n) is 12.0. The largest absolute Gasteiger partial charge is 0.393 e. The van der Waals surface area contributed by atoms with Crippen LogP contribution in [0.3, 0.4) is 0 Å². The number of aliphatic hydroxyl groups is 1. The zero-order valence-electron chi connectivity index (χ0n) is 20.4. The zero-order chi connectivity index (χ0) is 25.5. The summed E-state index contributed by atoms with van der Waals surface area (Å²) in [6.45, 7) is 3.89. The number of aliphatic hydroxyl groups excluding tert-OH is 1. The highest BCUT2D eigenvalue weighted by Crippen LogP contribution is 2.30. The smallest absolute Gasteiger partial charge is 0.159 e. The van der Waals surface area contributed by atoms with Gasteiger partial charge in [-0.2, -0.15) is 0 Å². The molecule has 0 radical (unpaired) electrons. The van der Waals surface area contributed by atoms with Crippen LogP contribution in [0, 0.1) is 11.6 Å². The maximum Gasteiger partial charge on any atom is 0.159 e. The molecule has 36 heavy (non-hydrogen) atoms. The van der Waals surface area contributed by atoms with Crippen LogP contribution in [0.4, 0.5) is 14.5 Å². The van der Waals surface area contributed by atoms with E-state index >= 15 is 0 Å². The van der Waals surface area contributed by atoms with Crippen molar-refractivity contribution in [1.29, 1.82) is 0 Å². The fourth-order valence-corrected chi connectivity index (χ4v) is 4.07. The Morgan fingerprint density at radius 1 is 0.861 bits per heavy atom. The fraction of sp³-hybridized carbons (Fsp3) is 0.200. The molecular weight excluding hydrogens is 456 g/mol. The fourth-order valence-electron chi connectivity index (χ4n) is 4.07. The van der Waals surface area contributed by atoms with Gasteiger partial charge in [0.05, 0.1) is 17.5 Å². The predicted molar refractivity (Wildman–Crippen MR) is 140 cm³/mol. The molecule has 0 amide bonds. The molecule has 184 valence electrons. The molecule has 1 atom stereocenters. The number of hydrogen-bond acceptors (Lipinski definition) is 4. The molecule has 0 saturated heterocycles. The Balaban J connectivity index is 1.51. The minimum absolute atomic E-state index is 0.356. The van der Waals surface area contributed by atoms with Gasteiger partial charge in [-0.15, -0.1) is 0 Å². The van der Waals surface area contributed by atoms with Crippen molar-refractivity contribution in [3.63, 3.8) is 0 Å². The van der Waals surface area contributed by atoms with Gasteiger partial charge in [0, 0.05) is 41.3 Å². The van der Waals surface area contributed by atoms with Crippen LogP contribution in [0.15, 0.2) is 90.9 Å². The highest BCUT2D eigenvalue weighted by Gasteiger charge is 2.13. The monoisotopic (exact) mass is 485 g/mol. The van der Waals surface area contributed by atoms with Gasteiger partial charge < -0.3 is 10.4 Å². The van der Waals surface area contributed by atoms with E-state index in [1.54, 1.807) is 13.1 Å². The van der Waals surface area contributed by atoms with Gasteiger partial charge in [0.15, 0.2) is 11.6 Å². The molecule has 1 heterocycles. The number of nitrogens with zero attached hydrogens (tertiary/aromatic N) is 2. The third-order valence-electron chi connectivity index (χ3n) is 5.75. The molecular formula is C30H29F2N3O. The molecule has 0 aliphatic rings. The second kappa shape index (κ2) is 11.7. The van der Waals surface area contributed by atoms with Crippen molar-refractivity contribution in [2.24, 2.45) is 0 Å². The topological polar surface area (TPSA) is 58.0 Å². The second-order valence-electron chi connectivity index (χ2n) is 8.77. The van der Waals surface area contributed by atoms with Gasteiger partial charge >= 0.3 is 0 Å². The first-order valence-corrected chi connectivity index (χ1v) is 12.0. The Hall–Kier alpha value is -3.90. The summed E-state index contributed by atoms with van der Waals surface area (Å²) in [6, 6.07) is 19.9. The number of nitrogens with one attached hydrogen (secondary N) is 1. The number of anilines is 1. The van der Waals surface area contributed by atoms with Crippen molar-refractivity contribution in [2.45, 2.75) is 39.2 Å². The van der Waals surface area contributed by atoms with E-state index in [2.05, 4.69) is 52.5 Å². The first-order chi connectivity index (χ1) is 17.4. The molecule has 4 aromatic rings. The van der Waals surface area contributed by atoms with E-state index in [9.17, 15) is 13.9 Å². The summed E-state index contributed by atoms with van der Waals surface area (Å²) in [4.78, 5) is 8.82. The minimum Gasteiger partial charge on any atom is -0.393 e. The Bertz CT molecular complexity index is 1330. The van der Waals surface area contributed by atoms with E-state index < -0.39 is 11.6 Å².